The van der Waals surface area contributed by atoms with E-state index in [0.717, 1.165) is 57.1 Å². The highest BCUT2D eigenvalue weighted by atomic mass is 16.5. The van der Waals surface area contributed by atoms with Gasteiger partial charge in [-0.2, -0.15) is 0 Å². The molecule has 182 valence electrons. The van der Waals surface area contributed by atoms with Gasteiger partial charge in [0.05, 0.1) is 43.2 Å². The Balaban J connectivity index is 1.14. The van der Waals surface area contributed by atoms with Gasteiger partial charge in [-0.25, -0.2) is 0 Å². The molecule has 0 radical (unpaired) electrons. The lowest BCUT2D eigenvalue weighted by molar-refractivity contribution is -0.207. The fourth-order valence-corrected chi connectivity index (χ4v) is 9.28. The molecule has 0 saturated heterocycles. The van der Waals surface area contributed by atoms with E-state index in [2.05, 4.69) is 30.2 Å². The molecule has 1 aromatic heterocycles. The van der Waals surface area contributed by atoms with E-state index < -0.39 is 5.60 Å². The molecule has 0 unspecified atom stereocenters. The van der Waals surface area contributed by atoms with E-state index in [1.807, 2.05) is 6.26 Å². The topological polar surface area (TPSA) is 67.0 Å². The molecule has 4 saturated carbocycles. The lowest BCUT2D eigenvalue weighted by Crippen LogP contribution is -2.62. The number of hydrogen-bond donors (Lipinski definition) is 2. The Morgan fingerprint density at radius 2 is 2.03 bits per heavy atom. The highest BCUT2D eigenvalue weighted by Crippen LogP contribution is 2.70. The zero-order valence-corrected chi connectivity index (χ0v) is 20.5. The van der Waals surface area contributed by atoms with Crippen LogP contribution >= 0.6 is 0 Å². The van der Waals surface area contributed by atoms with Gasteiger partial charge in [-0.1, -0.05) is 13.8 Å². The van der Waals surface area contributed by atoms with Crippen LogP contribution in [0.25, 0.3) is 0 Å². The molecule has 0 aromatic carbocycles. The standard InChI is InChI=1S/C28H42N2O3/c1-26-10-5-21(33-16-9-25-29-13-14-30-25)17-20(26)3-4-24-23(26)6-11-27(2)22(7-12-28(24,27)31)19-8-15-32-18-19/h8,15,18,20-24,31H,3-7,9-14,16-17H2,1-2H3,(H,29,30)/t20-,21+,22-,23+,24-,26+,27-,28+/m1/s1. The van der Waals surface area contributed by atoms with Gasteiger partial charge >= 0.3 is 0 Å². The minimum absolute atomic E-state index is 0.0292. The summed E-state index contributed by atoms with van der Waals surface area (Å²) in [6.07, 6.45) is 15.5. The summed E-state index contributed by atoms with van der Waals surface area (Å²) in [4.78, 5) is 4.50. The van der Waals surface area contributed by atoms with Gasteiger partial charge in [0.25, 0.3) is 0 Å². The largest absolute Gasteiger partial charge is 0.472 e. The van der Waals surface area contributed by atoms with Crippen LogP contribution in [0.3, 0.4) is 0 Å². The Hall–Kier alpha value is -1.33. The van der Waals surface area contributed by atoms with E-state index in [1.54, 1.807) is 6.26 Å². The minimum Gasteiger partial charge on any atom is -0.472 e. The van der Waals surface area contributed by atoms with Crippen LogP contribution in [0.1, 0.15) is 89.5 Å². The summed E-state index contributed by atoms with van der Waals surface area (Å²) in [5.74, 6) is 3.38. The number of nitrogens with zero attached hydrogens (tertiary/aromatic N) is 1. The molecule has 2 N–H and O–H groups in total. The number of nitrogens with one attached hydrogen (secondary N) is 1. The Morgan fingerprint density at radius 3 is 2.82 bits per heavy atom. The van der Waals surface area contributed by atoms with Crippen molar-refractivity contribution in [1.82, 2.24) is 5.32 Å². The number of aliphatic hydroxyl groups is 1. The first-order valence-corrected chi connectivity index (χ1v) is 13.6. The molecule has 4 aliphatic carbocycles. The monoisotopic (exact) mass is 454 g/mol. The maximum absolute atomic E-state index is 12.3. The summed E-state index contributed by atoms with van der Waals surface area (Å²) in [6, 6.07) is 2.13. The Labute approximate surface area is 198 Å². The third-order valence-electron chi connectivity index (χ3n) is 11.2. The molecule has 6 rings (SSSR count). The van der Waals surface area contributed by atoms with Gasteiger partial charge in [-0.05, 0) is 98.5 Å². The van der Waals surface area contributed by atoms with E-state index in [0.29, 0.717) is 29.3 Å². The van der Waals surface area contributed by atoms with Gasteiger partial charge in [0.1, 0.15) is 0 Å². The van der Waals surface area contributed by atoms with Crippen molar-refractivity contribution in [3.05, 3.63) is 24.2 Å². The summed E-state index contributed by atoms with van der Waals surface area (Å²) in [5, 5.41) is 15.7. The molecule has 2 heterocycles. The van der Waals surface area contributed by atoms with Gasteiger partial charge in [-0.15, -0.1) is 0 Å². The van der Waals surface area contributed by atoms with Crippen molar-refractivity contribution in [2.75, 3.05) is 19.7 Å². The second kappa shape index (κ2) is 8.12. The third-order valence-corrected chi connectivity index (χ3v) is 11.2. The van der Waals surface area contributed by atoms with Crippen molar-refractivity contribution >= 4 is 5.84 Å². The number of hydrogen-bond acceptors (Lipinski definition) is 5. The Bertz CT molecular complexity index is 884. The van der Waals surface area contributed by atoms with Crippen LogP contribution in [0, 0.1) is 28.6 Å². The molecule has 5 nitrogen and oxygen atoms in total. The van der Waals surface area contributed by atoms with Gasteiger partial charge < -0.3 is 19.6 Å². The summed E-state index contributed by atoms with van der Waals surface area (Å²) >= 11 is 0. The zero-order valence-electron chi connectivity index (χ0n) is 20.5. The molecule has 5 aliphatic rings. The highest BCUT2D eigenvalue weighted by molar-refractivity contribution is 5.83. The Morgan fingerprint density at radius 1 is 1.12 bits per heavy atom. The van der Waals surface area contributed by atoms with Crippen molar-refractivity contribution in [2.45, 2.75) is 95.7 Å². The fourth-order valence-electron chi connectivity index (χ4n) is 9.28. The number of rotatable bonds is 5. The quantitative estimate of drug-likeness (QED) is 0.634. The lowest BCUT2D eigenvalue weighted by atomic mass is 9.43. The van der Waals surface area contributed by atoms with Crippen molar-refractivity contribution in [1.29, 1.82) is 0 Å². The third kappa shape index (κ3) is 3.36. The molecule has 1 aromatic rings. The molecule has 1 aliphatic heterocycles. The van der Waals surface area contributed by atoms with E-state index in [9.17, 15) is 5.11 Å². The average Bonchev–Trinajstić information content (AvgIpc) is 3.55. The van der Waals surface area contributed by atoms with Crippen molar-refractivity contribution in [3.8, 4) is 0 Å². The molecule has 5 heteroatoms. The average molecular weight is 455 g/mol. The van der Waals surface area contributed by atoms with Crippen molar-refractivity contribution in [2.24, 2.45) is 33.6 Å². The molecule has 8 atom stereocenters. The van der Waals surface area contributed by atoms with Gasteiger partial charge in [-0.3, -0.25) is 4.99 Å². The number of aliphatic imine (C=N–C) groups is 1. The predicted octanol–water partition coefficient (Wildman–Crippen LogP) is 5.30. The number of ether oxygens (including phenoxy) is 1. The van der Waals surface area contributed by atoms with E-state index in [-0.39, 0.29) is 5.41 Å². The molecular weight excluding hydrogens is 412 g/mol. The second-order valence-corrected chi connectivity index (χ2v) is 12.3. The van der Waals surface area contributed by atoms with Crippen LogP contribution in [0.2, 0.25) is 0 Å². The maximum Gasteiger partial charge on any atom is 0.0987 e. The van der Waals surface area contributed by atoms with E-state index in [4.69, 9.17) is 9.15 Å². The molecule has 0 bridgehead atoms. The van der Waals surface area contributed by atoms with Gasteiger partial charge in [0.15, 0.2) is 0 Å². The summed E-state index contributed by atoms with van der Waals surface area (Å²) < 4.78 is 11.8. The number of furan rings is 1. The van der Waals surface area contributed by atoms with Crippen LogP contribution in [0.4, 0.5) is 0 Å². The minimum atomic E-state index is -0.534. The molecule has 0 spiro atoms. The molecule has 33 heavy (non-hydrogen) atoms. The second-order valence-electron chi connectivity index (χ2n) is 12.3. The van der Waals surface area contributed by atoms with Crippen LogP contribution in [0.15, 0.2) is 28.0 Å². The maximum atomic E-state index is 12.3. The SMILES string of the molecule is C[C@]12CC[C@H](OCCC3=NCCN3)C[C@H]1CC[C@@H]1[C@@H]2CC[C@]2(C)[C@@H](c3ccoc3)CC[C@]12O. The van der Waals surface area contributed by atoms with Crippen LogP contribution < -0.4 is 5.32 Å². The summed E-state index contributed by atoms with van der Waals surface area (Å²) in [6.45, 7) is 7.64. The predicted molar refractivity (Wildman–Crippen MR) is 129 cm³/mol. The van der Waals surface area contributed by atoms with E-state index in [1.165, 1.54) is 44.1 Å². The smallest absolute Gasteiger partial charge is 0.0987 e. The zero-order chi connectivity index (χ0) is 22.7. The fraction of sp³-hybridized carbons (Fsp3) is 0.821. The summed E-state index contributed by atoms with van der Waals surface area (Å²) in [5.41, 5.74) is 1.08. The lowest BCUT2D eigenvalue weighted by Gasteiger charge is -2.63. The number of fused-ring (bicyclic) bond motifs is 5. The van der Waals surface area contributed by atoms with Crippen LogP contribution in [0.5, 0.6) is 0 Å². The first kappa shape index (κ1) is 22.2. The van der Waals surface area contributed by atoms with Gasteiger partial charge in [0.2, 0.25) is 0 Å². The summed E-state index contributed by atoms with van der Waals surface area (Å²) in [7, 11) is 0. The molecular formula is C28H42N2O3. The van der Waals surface area contributed by atoms with Crippen LogP contribution in [-0.2, 0) is 4.74 Å². The first-order chi connectivity index (χ1) is 15.9. The highest BCUT2D eigenvalue weighted by Gasteiger charge is 2.67. The van der Waals surface area contributed by atoms with E-state index >= 15 is 0 Å². The Kier molecular flexibility index (Phi) is 5.45. The van der Waals surface area contributed by atoms with Crippen LogP contribution in [-0.4, -0.2) is 42.3 Å². The van der Waals surface area contributed by atoms with Gasteiger partial charge in [0, 0.05) is 18.4 Å². The van der Waals surface area contributed by atoms with Crippen molar-refractivity contribution in [3.63, 3.8) is 0 Å². The normalized spacial score (nSPS) is 46.8. The molecule has 4 fully saturated rings. The number of amidine groups is 1. The van der Waals surface area contributed by atoms with Crippen molar-refractivity contribution < 1.29 is 14.3 Å². The molecule has 0 amide bonds. The first-order valence-electron chi connectivity index (χ1n) is 13.6.